The number of rotatable bonds is 9. The third-order valence-corrected chi connectivity index (χ3v) is 5.15. The Labute approximate surface area is 179 Å². The Kier molecular flexibility index (Phi) is 8.00. The maximum Gasteiger partial charge on any atom is 0.308 e. The molecule has 0 radical (unpaired) electrons. The monoisotopic (exact) mass is 412 g/mol. The summed E-state index contributed by atoms with van der Waals surface area (Å²) in [5.41, 5.74) is 0.914. The zero-order valence-electron chi connectivity index (χ0n) is 18.8. The molecule has 0 fully saturated rings. The van der Waals surface area contributed by atoms with Crippen molar-refractivity contribution in [2.45, 2.75) is 25.2 Å². The molecule has 0 saturated heterocycles. The minimum absolute atomic E-state index is 0.0140. The first kappa shape index (κ1) is 23.4. The van der Waals surface area contributed by atoms with Crippen molar-refractivity contribution in [2.75, 3.05) is 41.8 Å². The van der Waals surface area contributed by atoms with Gasteiger partial charge >= 0.3 is 5.97 Å². The number of likely N-dealkylation sites (N-methyl/N-ethyl adjacent to an activating group) is 1. The van der Waals surface area contributed by atoms with Crippen molar-refractivity contribution in [3.05, 3.63) is 59.7 Å². The summed E-state index contributed by atoms with van der Waals surface area (Å²) in [6.45, 7) is 2.10. The number of carbonyl (C=O) groups excluding carboxylic acids is 2. The van der Waals surface area contributed by atoms with E-state index in [0.29, 0.717) is 24.3 Å². The number of carbonyl (C=O) groups is 2. The van der Waals surface area contributed by atoms with Crippen LogP contribution in [0.1, 0.15) is 24.5 Å². The molecule has 0 saturated carbocycles. The van der Waals surface area contributed by atoms with Crippen LogP contribution in [0.5, 0.6) is 11.5 Å². The van der Waals surface area contributed by atoms with Gasteiger partial charge in [-0.25, -0.2) is 0 Å². The van der Waals surface area contributed by atoms with Gasteiger partial charge in [0.05, 0.1) is 12.5 Å². The molecule has 0 heterocycles. The zero-order valence-corrected chi connectivity index (χ0v) is 18.8. The molecular weight excluding hydrogens is 380 g/mol. The molecule has 2 aromatic rings. The van der Waals surface area contributed by atoms with Crippen molar-refractivity contribution in [1.82, 2.24) is 9.80 Å². The van der Waals surface area contributed by atoms with Crippen molar-refractivity contribution in [3.8, 4) is 11.5 Å². The summed E-state index contributed by atoms with van der Waals surface area (Å²) < 4.78 is 10.8. The number of nitrogens with zero attached hydrogens (tertiary/aromatic N) is 2. The average Bonchev–Trinajstić information content (AvgIpc) is 2.71. The lowest BCUT2D eigenvalue weighted by molar-refractivity contribution is -0.135. The predicted molar refractivity (Wildman–Crippen MR) is 118 cm³/mol. The molecule has 2 rings (SSSR count). The molecule has 162 valence electrons. The van der Waals surface area contributed by atoms with Gasteiger partial charge in [0, 0.05) is 27.1 Å². The molecule has 0 aromatic heterocycles. The summed E-state index contributed by atoms with van der Waals surface area (Å²) in [6.07, 6.45) is 1.01. The van der Waals surface area contributed by atoms with Gasteiger partial charge in [0.1, 0.15) is 11.5 Å². The average molecular weight is 413 g/mol. The minimum atomic E-state index is -0.807. The fourth-order valence-electron chi connectivity index (χ4n) is 3.62. The Bertz CT molecular complexity index is 865. The van der Waals surface area contributed by atoms with Gasteiger partial charge in [-0.1, -0.05) is 36.4 Å². The highest BCUT2D eigenvalue weighted by molar-refractivity contribution is 5.88. The summed E-state index contributed by atoms with van der Waals surface area (Å²) in [5.74, 6) is 0.605. The fourth-order valence-corrected chi connectivity index (χ4v) is 3.62. The van der Waals surface area contributed by atoms with Crippen molar-refractivity contribution in [1.29, 1.82) is 0 Å². The number of hydrogen-bond acceptors (Lipinski definition) is 5. The number of esters is 1. The van der Waals surface area contributed by atoms with Gasteiger partial charge in [-0.2, -0.15) is 0 Å². The molecule has 0 spiro atoms. The van der Waals surface area contributed by atoms with Crippen molar-refractivity contribution < 1.29 is 19.1 Å². The lowest BCUT2D eigenvalue weighted by atomic mass is 9.71. The van der Waals surface area contributed by atoms with Gasteiger partial charge in [0.2, 0.25) is 5.91 Å². The quantitative estimate of drug-likeness (QED) is 0.468. The lowest BCUT2D eigenvalue weighted by Gasteiger charge is -2.37. The third-order valence-electron chi connectivity index (χ3n) is 5.15. The van der Waals surface area contributed by atoms with E-state index in [-0.39, 0.29) is 5.91 Å². The van der Waals surface area contributed by atoms with E-state index in [0.717, 1.165) is 17.7 Å². The van der Waals surface area contributed by atoms with Crippen LogP contribution in [0, 0.1) is 0 Å². The normalized spacial score (nSPS) is 12.9. The molecular formula is C24H32N2O4. The second-order valence-electron chi connectivity index (χ2n) is 7.95. The van der Waals surface area contributed by atoms with Crippen LogP contribution in [0.3, 0.4) is 0 Å². The Balaban J connectivity index is 2.64. The highest BCUT2D eigenvalue weighted by Crippen LogP contribution is 2.38. The van der Waals surface area contributed by atoms with Crippen LogP contribution in [-0.4, -0.2) is 63.5 Å². The summed E-state index contributed by atoms with van der Waals surface area (Å²) >= 11 is 0. The molecule has 6 nitrogen and oxygen atoms in total. The SMILES string of the molecule is COc1ccc(CC(CCN(C)C)(C(=O)N(C)C)c2ccccc2)c(OC(C)=O)c1. The van der Waals surface area contributed by atoms with Crippen molar-refractivity contribution >= 4 is 11.9 Å². The highest BCUT2D eigenvalue weighted by Gasteiger charge is 2.42. The van der Waals surface area contributed by atoms with E-state index in [1.54, 1.807) is 32.2 Å². The molecule has 1 unspecified atom stereocenters. The second kappa shape index (κ2) is 10.3. The summed E-state index contributed by atoms with van der Waals surface area (Å²) in [5, 5.41) is 0. The molecule has 0 aliphatic rings. The first-order valence-electron chi connectivity index (χ1n) is 9.97. The molecule has 1 amide bonds. The predicted octanol–water partition coefficient (Wildman–Crippen LogP) is 3.14. The molecule has 0 bridgehead atoms. The van der Waals surface area contributed by atoms with Gasteiger partial charge in [0.15, 0.2) is 0 Å². The standard InChI is InChI=1S/C24H32N2O4/c1-18(27)30-22-16-21(29-6)13-12-19(22)17-24(14-15-25(2)3,23(28)26(4)5)20-10-8-7-9-11-20/h7-13,16H,14-15,17H2,1-6H3. The molecule has 6 heteroatoms. The van der Waals surface area contributed by atoms with Crippen LogP contribution in [0.2, 0.25) is 0 Å². The summed E-state index contributed by atoms with van der Waals surface area (Å²) in [7, 11) is 9.10. The topological polar surface area (TPSA) is 59.1 Å². The largest absolute Gasteiger partial charge is 0.497 e. The number of amides is 1. The number of benzene rings is 2. The Morgan fingerprint density at radius 1 is 1.00 bits per heavy atom. The van der Waals surface area contributed by atoms with E-state index in [9.17, 15) is 9.59 Å². The number of hydrogen-bond donors (Lipinski definition) is 0. The Hall–Kier alpha value is -2.86. The van der Waals surface area contributed by atoms with Crippen molar-refractivity contribution in [3.63, 3.8) is 0 Å². The summed E-state index contributed by atoms with van der Waals surface area (Å²) in [4.78, 5) is 29.0. The Morgan fingerprint density at radius 3 is 2.20 bits per heavy atom. The van der Waals surface area contributed by atoms with Crippen LogP contribution >= 0.6 is 0 Å². The van der Waals surface area contributed by atoms with E-state index in [1.807, 2.05) is 56.6 Å². The van der Waals surface area contributed by atoms with E-state index < -0.39 is 11.4 Å². The second-order valence-corrected chi connectivity index (χ2v) is 7.95. The Morgan fingerprint density at radius 2 is 1.67 bits per heavy atom. The minimum Gasteiger partial charge on any atom is -0.497 e. The van der Waals surface area contributed by atoms with Crippen LogP contribution in [-0.2, 0) is 21.4 Å². The van der Waals surface area contributed by atoms with Crippen LogP contribution in [0.4, 0.5) is 0 Å². The molecule has 2 aromatic carbocycles. The number of methoxy groups -OCH3 is 1. The van der Waals surface area contributed by atoms with Gasteiger partial charge < -0.3 is 19.3 Å². The highest BCUT2D eigenvalue weighted by atomic mass is 16.5. The van der Waals surface area contributed by atoms with Gasteiger partial charge in [-0.15, -0.1) is 0 Å². The zero-order chi connectivity index (χ0) is 22.3. The van der Waals surface area contributed by atoms with Gasteiger partial charge in [-0.3, -0.25) is 9.59 Å². The van der Waals surface area contributed by atoms with Crippen molar-refractivity contribution in [2.24, 2.45) is 0 Å². The van der Waals surface area contributed by atoms with E-state index in [2.05, 4.69) is 4.90 Å². The van der Waals surface area contributed by atoms with Gasteiger partial charge in [0.25, 0.3) is 0 Å². The van der Waals surface area contributed by atoms with E-state index in [1.165, 1.54) is 6.92 Å². The van der Waals surface area contributed by atoms with Crippen LogP contribution in [0.25, 0.3) is 0 Å². The molecule has 0 aliphatic heterocycles. The van der Waals surface area contributed by atoms with Crippen LogP contribution < -0.4 is 9.47 Å². The first-order chi connectivity index (χ1) is 14.2. The lowest BCUT2D eigenvalue weighted by Crippen LogP contribution is -2.47. The van der Waals surface area contributed by atoms with E-state index in [4.69, 9.17) is 9.47 Å². The van der Waals surface area contributed by atoms with Gasteiger partial charge in [-0.05, 0) is 50.7 Å². The molecule has 0 N–H and O–H groups in total. The molecule has 0 aliphatic carbocycles. The van der Waals surface area contributed by atoms with E-state index >= 15 is 0 Å². The number of ether oxygens (including phenoxy) is 2. The maximum absolute atomic E-state index is 13.6. The first-order valence-corrected chi connectivity index (χ1v) is 9.97. The summed E-state index contributed by atoms with van der Waals surface area (Å²) in [6, 6.07) is 15.2. The molecule has 1 atom stereocenters. The maximum atomic E-state index is 13.6. The third kappa shape index (κ3) is 5.60. The fraction of sp³-hybridized carbons (Fsp3) is 0.417. The van der Waals surface area contributed by atoms with Crippen LogP contribution in [0.15, 0.2) is 48.5 Å². The smallest absolute Gasteiger partial charge is 0.308 e. The molecule has 30 heavy (non-hydrogen) atoms.